The summed E-state index contributed by atoms with van der Waals surface area (Å²) in [5.41, 5.74) is -3.06. The lowest BCUT2D eigenvalue weighted by Crippen LogP contribution is -2.47. The maximum absolute atomic E-state index is 15.1. The highest BCUT2D eigenvalue weighted by Gasteiger charge is 2.61. The summed E-state index contributed by atoms with van der Waals surface area (Å²) in [6.45, 7) is 2.53. The van der Waals surface area contributed by atoms with Crippen LogP contribution in [0.4, 0.5) is 10.2 Å². The van der Waals surface area contributed by atoms with Crippen LogP contribution in [0.3, 0.4) is 0 Å². The highest BCUT2D eigenvalue weighted by atomic mass is 35.5. The Morgan fingerprint density at radius 2 is 2.23 bits per heavy atom. The fourth-order valence-electron chi connectivity index (χ4n) is 2.98. The Hall–Kier alpha value is -1.22. The number of nitrogens with zero attached hydrogens (tertiary/aromatic N) is 4. The van der Waals surface area contributed by atoms with E-state index in [9.17, 15) is 10.2 Å². The van der Waals surface area contributed by atoms with Crippen LogP contribution in [0.15, 0.2) is 11.3 Å². The number of alkyl halides is 1. The number of hydrogen-bond donors (Lipinski definition) is 2. The average Bonchev–Trinajstić information content (AvgIpc) is 2.99. The molecule has 9 heteroatoms. The first-order chi connectivity index (χ1) is 10.2. The molecule has 2 aliphatic heterocycles. The van der Waals surface area contributed by atoms with Crippen LogP contribution < -0.4 is 4.90 Å². The molecule has 3 heterocycles. The minimum Gasteiger partial charge on any atom is -0.393 e. The van der Waals surface area contributed by atoms with E-state index in [1.54, 1.807) is 11.9 Å². The zero-order chi connectivity index (χ0) is 16.3. The number of ether oxygens (including phenoxy) is 1. The number of imidazole rings is 1. The number of fused-ring (bicyclic) bond motifs is 1. The third-order valence-corrected chi connectivity index (χ3v) is 4.59. The van der Waals surface area contributed by atoms with Crippen LogP contribution in [0.2, 0.25) is 0 Å². The second kappa shape index (κ2) is 4.89. The minimum absolute atomic E-state index is 0.246. The van der Waals surface area contributed by atoms with Crippen molar-refractivity contribution in [3.05, 3.63) is 12.0 Å². The molecule has 1 fully saturated rings. The van der Waals surface area contributed by atoms with Crippen LogP contribution in [-0.4, -0.2) is 62.6 Å². The third-order valence-electron chi connectivity index (χ3n) is 4.29. The van der Waals surface area contributed by atoms with E-state index < -0.39 is 30.2 Å². The topological polar surface area (TPSA) is 83.1 Å². The van der Waals surface area contributed by atoms with Gasteiger partial charge in [0.15, 0.2) is 17.1 Å². The lowest BCUT2D eigenvalue weighted by atomic mass is 9.90. The number of aliphatic hydroxyl groups is 2. The van der Waals surface area contributed by atoms with Crippen LogP contribution in [0.5, 0.6) is 0 Å². The van der Waals surface area contributed by atoms with Crippen LogP contribution in [0.25, 0.3) is 0 Å². The van der Waals surface area contributed by atoms with Crippen molar-refractivity contribution in [2.75, 3.05) is 25.2 Å². The molecule has 2 unspecified atom stereocenters. The lowest BCUT2D eigenvalue weighted by Gasteiger charge is -2.29. The molecule has 0 aliphatic carbocycles. The number of aliphatic hydroxyl groups excluding tert-OH is 2. The summed E-state index contributed by atoms with van der Waals surface area (Å²) in [6, 6.07) is 0. The number of aromatic nitrogens is 2. The highest BCUT2D eigenvalue weighted by molar-refractivity contribution is 6.70. The monoisotopic (exact) mass is 332 g/mol. The molecule has 122 valence electrons. The fourth-order valence-corrected chi connectivity index (χ4v) is 3.17. The van der Waals surface area contributed by atoms with Gasteiger partial charge >= 0.3 is 0 Å². The van der Waals surface area contributed by atoms with E-state index >= 15 is 4.39 Å². The summed E-state index contributed by atoms with van der Waals surface area (Å²) in [5, 5.41) is 19.9. The number of anilines is 1. The third kappa shape index (κ3) is 1.98. The standard InChI is InChI=1S/C13H18ClFN4O3/c1-12(4-20)10(21)13(2,15)11(22-12)19-6-16-7-8(14)17-5-18(3)9(7)19/h6,10-11,20-21H,4-5H2,1-3H3/t10?,11-,12-,13?/m1/s1. The van der Waals surface area contributed by atoms with Gasteiger partial charge in [-0.25, -0.2) is 14.4 Å². The van der Waals surface area contributed by atoms with E-state index in [0.29, 0.717) is 18.2 Å². The Balaban J connectivity index is 2.08. The average molecular weight is 333 g/mol. The van der Waals surface area contributed by atoms with Crippen molar-refractivity contribution in [3.8, 4) is 0 Å². The van der Waals surface area contributed by atoms with Gasteiger partial charge in [0.25, 0.3) is 0 Å². The molecule has 0 radical (unpaired) electrons. The minimum atomic E-state index is -2.10. The van der Waals surface area contributed by atoms with E-state index in [0.717, 1.165) is 0 Å². The second-order valence-electron chi connectivity index (χ2n) is 6.11. The van der Waals surface area contributed by atoms with Crippen LogP contribution in [-0.2, 0) is 4.74 Å². The van der Waals surface area contributed by atoms with Crippen molar-refractivity contribution in [1.82, 2.24) is 9.55 Å². The second-order valence-corrected chi connectivity index (χ2v) is 6.47. The lowest BCUT2D eigenvalue weighted by molar-refractivity contribution is -0.116. The van der Waals surface area contributed by atoms with Crippen molar-refractivity contribution >= 4 is 22.6 Å². The number of aliphatic imine (C=N–C) groups is 1. The van der Waals surface area contributed by atoms with E-state index in [1.165, 1.54) is 24.7 Å². The first-order valence-corrected chi connectivity index (χ1v) is 7.24. The van der Waals surface area contributed by atoms with Crippen molar-refractivity contribution in [2.45, 2.75) is 37.4 Å². The molecule has 1 aromatic heterocycles. The SMILES string of the molecule is CN1CN=C(Cl)c2ncn([C@@H]3O[C@](C)(CO)C(O)C3(C)F)c21. The number of hydrogen-bond acceptors (Lipinski definition) is 6. The van der Waals surface area contributed by atoms with Gasteiger partial charge in [0.1, 0.15) is 29.9 Å². The van der Waals surface area contributed by atoms with Crippen LogP contribution in [0, 0.1) is 0 Å². The van der Waals surface area contributed by atoms with E-state index in [-0.39, 0.29) is 5.17 Å². The van der Waals surface area contributed by atoms with Crippen molar-refractivity contribution in [1.29, 1.82) is 0 Å². The molecule has 0 bridgehead atoms. The van der Waals surface area contributed by atoms with Gasteiger partial charge in [0.2, 0.25) is 0 Å². The summed E-state index contributed by atoms with van der Waals surface area (Å²) in [6.07, 6.45) is -1.21. The van der Waals surface area contributed by atoms with E-state index in [2.05, 4.69) is 9.98 Å². The predicted octanol–water partition coefficient (Wildman–Crippen LogP) is 0.645. The smallest absolute Gasteiger partial charge is 0.181 e. The van der Waals surface area contributed by atoms with Gasteiger partial charge in [-0.2, -0.15) is 0 Å². The summed E-state index contributed by atoms with van der Waals surface area (Å²) in [4.78, 5) is 10.0. The molecule has 1 saturated heterocycles. The Labute approximate surface area is 132 Å². The summed E-state index contributed by atoms with van der Waals surface area (Å²) in [7, 11) is 1.77. The van der Waals surface area contributed by atoms with Crippen LogP contribution >= 0.6 is 11.6 Å². The van der Waals surface area contributed by atoms with E-state index in [1.807, 2.05) is 0 Å². The number of halogens is 2. The molecular weight excluding hydrogens is 315 g/mol. The Morgan fingerprint density at radius 3 is 2.82 bits per heavy atom. The van der Waals surface area contributed by atoms with E-state index in [4.69, 9.17) is 16.3 Å². The maximum Gasteiger partial charge on any atom is 0.181 e. The Morgan fingerprint density at radius 1 is 1.55 bits per heavy atom. The largest absolute Gasteiger partial charge is 0.393 e. The summed E-state index contributed by atoms with van der Waals surface area (Å²) < 4.78 is 22.2. The molecule has 3 rings (SSSR count). The van der Waals surface area contributed by atoms with Gasteiger partial charge in [-0.15, -0.1) is 0 Å². The molecule has 0 spiro atoms. The Kier molecular flexibility index (Phi) is 3.48. The highest BCUT2D eigenvalue weighted by Crippen LogP contribution is 2.48. The Bertz CT molecular complexity index is 635. The van der Waals surface area contributed by atoms with Crippen molar-refractivity contribution in [2.24, 2.45) is 4.99 Å². The molecule has 4 atom stereocenters. The summed E-state index contributed by atoms with van der Waals surface area (Å²) >= 11 is 6.04. The molecule has 7 nitrogen and oxygen atoms in total. The van der Waals surface area contributed by atoms with Crippen molar-refractivity contribution < 1.29 is 19.3 Å². The normalized spacial score (nSPS) is 38.1. The zero-order valence-electron chi connectivity index (χ0n) is 12.5. The zero-order valence-corrected chi connectivity index (χ0v) is 13.2. The summed E-state index contributed by atoms with van der Waals surface area (Å²) in [5.74, 6) is 0.559. The van der Waals surface area contributed by atoms with Gasteiger partial charge in [0.05, 0.1) is 12.9 Å². The molecule has 22 heavy (non-hydrogen) atoms. The predicted molar refractivity (Wildman–Crippen MR) is 79.0 cm³/mol. The molecule has 0 aromatic carbocycles. The molecule has 0 saturated carbocycles. The molecular formula is C13H18ClFN4O3. The van der Waals surface area contributed by atoms with Gasteiger partial charge in [-0.3, -0.25) is 4.57 Å². The quantitative estimate of drug-likeness (QED) is 0.830. The molecule has 1 aromatic rings. The van der Waals surface area contributed by atoms with Crippen LogP contribution in [0.1, 0.15) is 25.8 Å². The van der Waals surface area contributed by atoms with Gasteiger partial charge < -0.3 is 19.8 Å². The maximum atomic E-state index is 15.1. The van der Waals surface area contributed by atoms with Crippen molar-refractivity contribution in [3.63, 3.8) is 0 Å². The van der Waals surface area contributed by atoms with Gasteiger partial charge in [-0.05, 0) is 13.8 Å². The van der Waals surface area contributed by atoms with Gasteiger partial charge in [-0.1, -0.05) is 11.6 Å². The molecule has 2 N–H and O–H groups in total. The molecule has 0 amide bonds. The number of rotatable bonds is 2. The molecule has 2 aliphatic rings. The fraction of sp³-hybridized carbons (Fsp3) is 0.692. The first kappa shape index (κ1) is 15.7. The first-order valence-electron chi connectivity index (χ1n) is 6.86. The van der Waals surface area contributed by atoms with Gasteiger partial charge in [0, 0.05) is 7.05 Å².